The van der Waals surface area contributed by atoms with Crippen LogP contribution in [0, 0.1) is 0 Å². The quantitative estimate of drug-likeness (QED) is 0.453. The Hall–Kier alpha value is -3.82. The number of hydrogen-bond acceptors (Lipinski definition) is 6. The van der Waals surface area contributed by atoms with Gasteiger partial charge in [0.05, 0.1) is 19.2 Å². The minimum atomic E-state index is -0.805. The Kier molecular flexibility index (Phi) is 6.67. The largest absolute Gasteiger partial charge is 0.497 e. The number of rotatable bonds is 7. The number of nitrogens with zero attached hydrogens (tertiary/aromatic N) is 2. The zero-order valence-electron chi connectivity index (χ0n) is 19.3. The maximum Gasteiger partial charge on any atom is 0.256 e. The SMILES string of the molecule is COc1ccc(NC(=O)CC2C(=O)N(c3cccc(Cl)c3)C(=S)N2Cc2ccc3c(c2)OCO3)cc1. The monoisotopic (exact) mass is 523 g/mol. The highest BCUT2D eigenvalue weighted by Crippen LogP contribution is 2.35. The van der Waals surface area contributed by atoms with Crippen LogP contribution >= 0.6 is 23.8 Å². The highest BCUT2D eigenvalue weighted by atomic mass is 35.5. The maximum atomic E-state index is 13.6. The summed E-state index contributed by atoms with van der Waals surface area (Å²) in [4.78, 5) is 29.8. The van der Waals surface area contributed by atoms with Gasteiger partial charge in [-0.3, -0.25) is 14.5 Å². The summed E-state index contributed by atoms with van der Waals surface area (Å²) in [6.07, 6.45) is -0.0907. The molecule has 2 aliphatic rings. The molecule has 0 bridgehead atoms. The Bertz CT molecular complexity index is 1330. The summed E-state index contributed by atoms with van der Waals surface area (Å²) in [5.41, 5.74) is 2.01. The Balaban J connectivity index is 1.40. The molecular formula is C26H22ClN3O5S. The molecule has 2 heterocycles. The number of ether oxygens (including phenoxy) is 3. The molecule has 36 heavy (non-hydrogen) atoms. The summed E-state index contributed by atoms with van der Waals surface area (Å²) < 4.78 is 16.0. The van der Waals surface area contributed by atoms with Crippen LogP contribution in [0.2, 0.25) is 5.02 Å². The topological polar surface area (TPSA) is 80.3 Å². The van der Waals surface area contributed by atoms with Crippen LogP contribution in [0.3, 0.4) is 0 Å². The van der Waals surface area contributed by atoms with Gasteiger partial charge in [0.15, 0.2) is 16.6 Å². The van der Waals surface area contributed by atoms with E-state index in [2.05, 4.69) is 5.32 Å². The maximum absolute atomic E-state index is 13.6. The van der Waals surface area contributed by atoms with Crippen molar-refractivity contribution in [2.75, 3.05) is 24.1 Å². The lowest BCUT2D eigenvalue weighted by molar-refractivity contribution is -0.124. The van der Waals surface area contributed by atoms with E-state index in [1.165, 1.54) is 4.90 Å². The molecule has 0 aliphatic carbocycles. The molecule has 1 N–H and O–H groups in total. The van der Waals surface area contributed by atoms with E-state index in [4.69, 9.17) is 38.0 Å². The fraction of sp³-hybridized carbons (Fsp3) is 0.192. The van der Waals surface area contributed by atoms with Crippen LogP contribution in [0.5, 0.6) is 17.2 Å². The van der Waals surface area contributed by atoms with E-state index in [-0.39, 0.29) is 25.0 Å². The van der Waals surface area contributed by atoms with Gasteiger partial charge in [0.2, 0.25) is 12.7 Å². The standard InChI is InChI=1S/C26H22ClN3O5S/c1-33-20-8-6-18(7-9-20)28-24(31)13-21-25(32)30(19-4-2-3-17(27)12-19)26(36)29(21)14-16-5-10-22-23(11-16)35-15-34-22/h2-12,21H,13-15H2,1H3,(H,28,31). The molecular weight excluding hydrogens is 502 g/mol. The number of benzene rings is 3. The van der Waals surface area contributed by atoms with Gasteiger partial charge in [-0.05, 0) is 72.4 Å². The van der Waals surface area contributed by atoms with Crippen molar-refractivity contribution in [2.24, 2.45) is 0 Å². The van der Waals surface area contributed by atoms with Crippen LogP contribution < -0.4 is 24.4 Å². The van der Waals surface area contributed by atoms with Crippen molar-refractivity contribution in [2.45, 2.75) is 19.0 Å². The molecule has 5 rings (SSSR count). The molecule has 1 fully saturated rings. The molecule has 10 heteroatoms. The van der Waals surface area contributed by atoms with Gasteiger partial charge in [-0.15, -0.1) is 0 Å². The fourth-order valence-corrected chi connectivity index (χ4v) is 4.74. The molecule has 3 aromatic carbocycles. The normalized spacial score (nSPS) is 16.4. The zero-order chi connectivity index (χ0) is 25.2. The van der Waals surface area contributed by atoms with E-state index in [9.17, 15) is 9.59 Å². The summed E-state index contributed by atoms with van der Waals surface area (Å²) in [7, 11) is 1.57. The molecule has 3 aromatic rings. The zero-order valence-corrected chi connectivity index (χ0v) is 20.8. The second kappa shape index (κ2) is 10.0. The molecule has 1 atom stereocenters. The van der Waals surface area contributed by atoms with Crippen molar-refractivity contribution < 1.29 is 23.8 Å². The van der Waals surface area contributed by atoms with Crippen molar-refractivity contribution in [1.82, 2.24) is 4.90 Å². The molecule has 1 saturated heterocycles. The second-order valence-electron chi connectivity index (χ2n) is 8.25. The number of hydrogen-bond donors (Lipinski definition) is 1. The first-order valence-corrected chi connectivity index (χ1v) is 11.9. The van der Waals surface area contributed by atoms with Crippen molar-refractivity contribution >= 4 is 52.1 Å². The predicted molar refractivity (Wildman–Crippen MR) is 140 cm³/mol. The lowest BCUT2D eigenvalue weighted by Crippen LogP contribution is -2.37. The lowest BCUT2D eigenvalue weighted by Gasteiger charge is -2.24. The summed E-state index contributed by atoms with van der Waals surface area (Å²) >= 11 is 11.9. The van der Waals surface area contributed by atoms with Crippen LogP contribution in [-0.2, 0) is 16.1 Å². The molecule has 184 valence electrons. The van der Waals surface area contributed by atoms with Crippen LogP contribution in [-0.4, -0.2) is 41.8 Å². The summed E-state index contributed by atoms with van der Waals surface area (Å²) in [6.45, 7) is 0.467. The van der Waals surface area contributed by atoms with Gasteiger partial charge in [-0.1, -0.05) is 23.7 Å². The van der Waals surface area contributed by atoms with Crippen molar-refractivity contribution in [3.63, 3.8) is 0 Å². The molecule has 0 spiro atoms. The number of fused-ring (bicyclic) bond motifs is 1. The van der Waals surface area contributed by atoms with Crippen molar-refractivity contribution in [3.8, 4) is 17.2 Å². The molecule has 2 aliphatic heterocycles. The van der Waals surface area contributed by atoms with Gasteiger partial charge >= 0.3 is 0 Å². The number of thiocarbonyl (C=S) groups is 1. The number of amides is 2. The van der Waals surface area contributed by atoms with E-state index in [1.54, 1.807) is 60.5 Å². The van der Waals surface area contributed by atoms with Gasteiger partial charge in [0.25, 0.3) is 5.91 Å². The van der Waals surface area contributed by atoms with Gasteiger partial charge in [-0.2, -0.15) is 0 Å². The van der Waals surface area contributed by atoms with Gasteiger partial charge in [0, 0.05) is 17.3 Å². The average molecular weight is 524 g/mol. The second-order valence-corrected chi connectivity index (χ2v) is 9.05. The Morgan fingerprint density at radius 1 is 1.11 bits per heavy atom. The van der Waals surface area contributed by atoms with Crippen LogP contribution in [0.4, 0.5) is 11.4 Å². The van der Waals surface area contributed by atoms with Crippen LogP contribution in [0.15, 0.2) is 66.7 Å². The Morgan fingerprint density at radius 3 is 2.64 bits per heavy atom. The number of anilines is 2. The molecule has 1 unspecified atom stereocenters. The minimum absolute atomic E-state index is 0.0907. The Labute approximate surface area is 218 Å². The smallest absolute Gasteiger partial charge is 0.256 e. The van der Waals surface area contributed by atoms with E-state index in [1.807, 2.05) is 18.2 Å². The first-order valence-electron chi connectivity index (χ1n) is 11.2. The molecule has 0 saturated carbocycles. The van der Waals surface area contributed by atoms with E-state index < -0.39 is 6.04 Å². The number of carbonyl (C=O) groups is 2. The summed E-state index contributed by atoms with van der Waals surface area (Å²) in [6, 6.07) is 18.6. The number of carbonyl (C=O) groups excluding carboxylic acids is 2. The highest BCUT2D eigenvalue weighted by Gasteiger charge is 2.44. The van der Waals surface area contributed by atoms with Gasteiger partial charge in [-0.25, -0.2) is 0 Å². The lowest BCUT2D eigenvalue weighted by atomic mass is 10.1. The highest BCUT2D eigenvalue weighted by molar-refractivity contribution is 7.80. The molecule has 0 aromatic heterocycles. The van der Waals surface area contributed by atoms with E-state index >= 15 is 0 Å². The third-order valence-corrected chi connectivity index (χ3v) is 6.58. The van der Waals surface area contributed by atoms with E-state index in [0.717, 1.165) is 5.56 Å². The molecule has 8 nitrogen and oxygen atoms in total. The van der Waals surface area contributed by atoms with Gasteiger partial charge in [0.1, 0.15) is 11.8 Å². The minimum Gasteiger partial charge on any atom is -0.497 e. The van der Waals surface area contributed by atoms with Gasteiger partial charge < -0.3 is 24.4 Å². The van der Waals surface area contributed by atoms with E-state index in [0.29, 0.717) is 45.3 Å². The molecule has 0 radical (unpaired) electrons. The van der Waals surface area contributed by atoms with Crippen LogP contribution in [0.25, 0.3) is 0 Å². The number of methoxy groups -OCH3 is 1. The summed E-state index contributed by atoms with van der Waals surface area (Å²) in [5.74, 6) is 1.36. The molecule has 2 amide bonds. The summed E-state index contributed by atoms with van der Waals surface area (Å²) in [5, 5.41) is 3.62. The third kappa shape index (κ3) is 4.80. The Morgan fingerprint density at radius 2 is 1.89 bits per heavy atom. The number of nitrogens with one attached hydrogen (secondary N) is 1. The first kappa shape index (κ1) is 23.9. The number of halogens is 1. The van der Waals surface area contributed by atoms with Crippen molar-refractivity contribution in [1.29, 1.82) is 0 Å². The third-order valence-electron chi connectivity index (χ3n) is 5.93. The first-order chi connectivity index (χ1) is 17.4. The average Bonchev–Trinajstić information content (AvgIpc) is 3.42. The van der Waals surface area contributed by atoms with Crippen molar-refractivity contribution in [3.05, 3.63) is 77.3 Å². The van der Waals surface area contributed by atoms with Crippen LogP contribution in [0.1, 0.15) is 12.0 Å². The fourth-order valence-electron chi connectivity index (χ4n) is 4.16. The predicted octanol–water partition coefficient (Wildman–Crippen LogP) is 4.61.